The van der Waals surface area contributed by atoms with Crippen LogP contribution in [-0.2, 0) is 4.79 Å². The molecule has 2 aliphatic rings. The average Bonchev–Trinajstić information content (AvgIpc) is 2.77. The molecular formula is C13H14O3. The number of ether oxygens (including phenoxy) is 2. The van der Waals surface area contributed by atoms with Crippen molar-refractivity contribution in [1.82, 2.24) is 0 Å². The summed E-state index contributed by atoms with van der Waals surface area (Å²) in [6, 6.07) is 5.81. The van der Waals surface area contributed by atoms with E-state index in [0.29, 0.717) is 17.8 Å². The predicted octanol–water partition coefficient (Wildman–Crippen LogP) is 2.64. The van der Waals surface area contributed by atoms with E-state index in [4.69, 9.17) is 9.47 Å². The maximum Gasteiger partial charge on any atom is 0.308 e. The summed E-state index contributed by atoms with van der Waals surface area (Å²) in [5.41, 5.74) is 1.21. The molecule has 3 nitrogen and oxygen atoms in total. The SMILES string of the molecule is CC(=O)Oc1cccc2c1OC1CCCC21. The zero-order valence-electron chi connectivity index (χ0n) is 9.23. The minimum Gasteiger partial charge on any atom is -0.486 e. The summed E-state index contributed by atoms with van der Waals surface area (Å²) in [5, 5.41) is 0. The van der Waals surface area contributed by atoms with Crippen molar-refractivity contribution in [2.45, 2.75) is 38.2 Å². The lowest BCUT2D eigenvalue weighted by atomic mass is 9.98. The van der Waals surface area contributed by atoms with Gasteiger partial charge >= 0.3 is 5.97 Å². The van der Waals surface area contributed by atoms with Crippen LogP contribution in [0, 0.1) is 0 Å². The summed E-state index contributed by atoms with van der Waals surface area (Å²) < 4.78 is 11.0. The van der Waals surface area contributed by atoms with Gasteiger partial charge in [0.1, 0.15) is 6.10 Å². The maximum absolute atomic E-state index is 11.0. The van der Waals surface area contributed by atoms with Crippen LogP contribution in [0.3, 0.4) is 0 Å². The Morgan fingerprint density at radius 1 is 1.44 bits per heavy atom. The van der Waals surface area contributed by atoms with E-state index >= 15 is 0 Å². The molecule has 0 bridgehead atoms. The van der Waals surface area contributed by atoms with Crippen LogP contribution in [0.5, 0.6) is 11.5 Å². The van der Waals surface area contributed by atoms with Gasteiger partial charge in [-0.15, -0.1) is 0 Å². The normalized spacial score (nSPS) is 25.8. The maximum atomic E-state index is 11.0. The molecule has 0 aromatic heterocycles. The molecule has 1 aliphatic heterocycles. The fourth-order valence-corrected chi connectivity index (χ4v) is 2.76. The summed E-state index contributed by atoms with van der Waals surface area (Å²) in [4.78, 5) is 11.0. The van der Waals surface area contributed by atoms with Gasteiger partial charge in [-0.1, -0.05) is 12.1 Å². The van der Waals surface area contributed by atoms with Crippen LogP contribution < -0.4 is 9.47 Å². The Labute approximate surface area is 94.4 Å². The van der Waals surface area contributed by atoms with Gasteiger partial charge in [-0.2, -0.15) is 0 Å². The molecule has 0 spiro atoms. The van der Waals surface area contributed by atoms with E-state index in [1.807, 2.05) is 6.07 Å². The fraction of sp³-hybridized carbons (Fsp3) is 0.462. The van der Waals surface area contributed by atoms with Crippen molar-refractivity contribution in [3.05, 3.63) is 23.8 Å². The lowest BCUT2D eigenvalue weighted by molar-refractivity contribution is -0.132. The minimum atomic E-state index is -0.297. The summed E-state index contributed by atoms with van der Waals surface area (Å²) in [5.74, 6) is 1.56. The molecule has 0 amide bonds. The van der Waals surface area contributed by atoms with Gasteiger partial charge in [0, 0.05) is 18.4 Å². The minimum absolute atomic E-state index is 0.297. The van der Waals surface area contributed by atoms with Crippen LogP contribution >= 0.6 is 0 Å². The van der Waals surface area contributed by atoms with Crippen molar-refractivity contribution in [1.29, 1.82) is 0 Å². The number of benzene rings is 1. The zero-order chi connectivity index (χ0) is 11.1. The summed E-state index contributed by atoms with van der Waals surface area (Å²) in [6.07, 6.45) is 3.82. The first-order valence-corrected chi connectivity index (χ1v) is 5.73. The highest BCUT2D eigenvalue weighted by atomic mass is 16.6. The van der Waals surface area contributed by atoms with E-state index in [-0.39, 0.29) is 5.97 Å². The number of carbonyl (C=O) groups is 1. The monoisotopic (exact) mass is 218 g/mol. The van der Waals surface area contributed by atoms with Gasteiger partial charge in [0.05, 0.1) is 0 Å². The van der Waals surface area contributed by atoms with E-state index < -0.39 is 0 Å². The van der Waals surface area contributed by atoms with Gasteiger partial charge in [0.2, 0.25) is 0 Å². The lowest BCUT2D eigenvalue weighted by Gasteiger charge is -2.09. The molecule has 1 aromatic carbocycles. The Hall–Kier alpha value is -1.51. The van der Waals surface area contributed by atoms with Crippen molar-refractivity contribution in [3.8, 4) is 11.5 Å². The number of carbonyl (C=O) groups excluding carboxylic acids is 1. The Morgan fingerprint density at radius 2 is 2.31 bits per heavy atom. The first-order chi connectivity index (χ1) is 7.75. The number of hydrogen-bond acceptors (Lipinski definition) is 3. The summed E-state index contributed by atoms with van der Waals surface area (Å²) in [6.45, 7) is 1.41. The van der Waals surface area contributed by atoms with Crippen molar-refractivity contribution in [2.24, 2.45) is 0 Å². The molecule has 2 unspecified atom stereocenters. The predicted molar refractivity (Wildman–Crippen MR) is 58.8 cm³/mol. The fourth-order valence-electron chi connectivity index (χ4n) is 2.76. The van der Waals surface area contributed by atoms with E-state index in [1.54, 1.807) is 6.07 Å². The highest BCUT2D eigenvalue weighted by Gasteiger charge is 2.39. The Kier molecular flexibility index (Phi) is 2.13. The van der Waals surface area contributed by atoms with Gasteiger partial charge in [-0.25, -0.2) is 0 Å². The largest absolute Gasteiger partial charge is 0.486 e. The van der Waals surface area contributed by atoms with Crippen LogP contribution in [0.2, 0.25) is 0 Å². The number of rotatable bonds is 1. The molecule has 2 atom stereocenters. The quantitative estimate of drug-likeness (QED) is 0.537. The highest BCUT2D eigenvalue weighted by Crippen LogP contribution is 2.50. The van der Waals surface area contributed by atoms with Crippen LogP contribution in [0.15, 0.2) is 18.2 Å². The highest BCUT2D eigenvalue weighted by molar-refractivity contribution is 5.71. The third kappa shape index (κ3) is 1.39. The van der Waals surface area contributed by atoms with E-state index in [0.717, 1.165) is 12.2 Å². The van der Waals surface area contributed by atoms with Gasteiger partial charge in [0.15, 0.2) is 11.5 Å². The summed E-state index contributed by atoms with van der Waals surface area (Å²) >= 11 is 0. The topological polar surface area (TPSA) is 35.5 Å². The molecule has 0 saturated heterocycles. The molecule has 0 radical (unpaired) electrons. The first-order valence-electron chi connectivity index (χ1n) is 5.73. The number of para-hydroxylation sites is 1. The second-order valence-corrected chi connectivity index (χ2v) is 4.46. The molecule has 1 fully saturated rings. The van der Waals surface area contributed by atoms with Gasteiger partial charge in [0.25, 0.3) is 0 Å². The lowest BCUT2D eigenvalue weighted by Crippen LogP contribution is -2.11. The average molecular weight is 218 g/mol. The molecule has 84 valence electrons. The smallest absolute Gasteiger partial charge is 0.308 e. The molecule has 1 aromatic rings. The molecular weight excluding hydrogens is 204 g/mol. The first kappa shape index (κ1) is 9.70. The van der Waals surface area contributed by atoms with Crippen molar-refractivity contribution in [3.63, 3.8) is 0 Å². The zero-order valence-corrected chi connectivity index (χ0v) is 9.23. The Balaban J connectivity index is 1.99. The molecule has 1 heterocycles. The number of fused-ring (bicyclic) bond motifs is 3. The van der Waals surface area contributed by atoms with Crippen molar-refractivity contribution in [2.75, 3.05) is 0 Å². The third-order valence-corrected chi connectivity index (χ3v) is 3.38. The third-order valence-electron chi connectivity index (χ3n) is 3.38. The van der Waals surface area contributed by atoms with Crippen LogP contribution in [0.1, 0.15) is 37.7 Å². The second kappa shape index (κ2) is 3.51. The van der Waals surface area contributed by atoms with E-state index in [2.05, 4.69) is 6.07 Å². The Morgan fingerprint density at radius 3 is 3.12 bits per heavy atom. The standard InChI is InChI=1S/C13H14O3/c1-8(14)15-12-7-3-5-10-9-4-2-6-11(9)16-13(10)12/h3,5,7,9,11H,2,4,6H2,1H3. The van der Waals surface area contributed by atoms with Crippen LogP contribution in [0.25, 0.3) is 0 Å². The molecule has 0 N–H and O–H groups in total. The van der Waals surface area contributed by atoms with E-state index in [9.17, 15) is 4.79 Å². The van der Waals surface area contributed by atoms with Crippen molar-refractivity contribution >= 4 is 5.97 Å². The van der Waals surface area contributed by atoms with Gasteiger partial charge in [-0.05, 0) is 25.3 Å². The number of hydrogen-bond donors (Lipinski definition) is 0. The van der Waals surface area contributed by atoms with Crippen LogP contribution in [-0.4, -0.2) is 12.1 Å². The molecule has 3 heteroatoms. The van der Waals surface area contributed by atoms with Gasteiger partial charge in [-0.3, -0.25) is 4.79 Å². The van der Waals surface area contributed by atoms with E-state index in [1.165, 1.54) is 25.3 Å². The molecule has 1 saturated carbocycles. The number of esters is 1. The van der Waals surface area contributed by atoms with Crippen LogP contribution in [0.4, 0.5) is 0 Å². The van der Waals surface area contributed by atoms with Crippen molar-refractivity contribution < 1.29 is 14.3 Å². The second-order valence-electron chi connectivity index (χ2n) is 4.46. The summed E-state index contributed by atoms with van der Waals surface area (Å²) in [7, 11) is 0. The Bertz CT molecular complexity index is 439. The molecule has 3 rings (SSSR count). The molecule has 16 heavy (non-hydrogen) atoms. The van der Waals surface area contributed by atoms with Gasteiger partial charge < -0.3 is 9.47 Å². The molecule has 1 aliphatic carbocycles.